The van der Waals surface area contributed by atoms with Crippen LogP contribution in [-0.4, -0.2) is 0 Å². The smallest absolute Gasteiger partial charge is 0.0204 e. The summed E-state index contributed by atoms with van der Waals surface area (Å²) in [5, 5.41) is 0. The molecule has 0 unspecified atom stereocenters. The normalized spacial score (nSPS) is 16.8. The molecule has 0 aromatic heterocycles. The summed E-state index contributed by atoms with van der Waals surface area (Å²) in [6.07, 6.45) is 3.90. The Hall–Kier alpha value is -0.520. The highest BCUT2D eigenvalue weighted by molar-refractivity contribution is 4.87. The Labute approximate surface area is 51.9 Å². The summed E-state index contributed by atoms with van der Waals surface area (Å²) >= 11 is 0. The first-order valence-corrected chi connectivity index (χ1v) is 2.97. The maximum Gasteiger partial charge on any atom is -0.0204 e. The zero-order valence-corrected chi connectivity index (χ0v) is 5.72. The molecule has 0 aliphatic heterocycles. The first-order chi connectivity index (χ1) is 3.72. The Bertz CT molecular complexity index is 70.0. The molecule has 0 heterocycles. The van der Waals surface area contributed by atoms with Gasteiger partial charge in [-0.2, -0.15) is 0 Å². The van der Waals surface area contributed by atoms with Crippen LogP contribution in [0.1, 0.15) is 13.8 Å². The molecule has 0 nitrogen and oxygen atoms in total. The van der Waals surface area contributed by atoms with Crippen molar-refractivity contribution in [1.29, 1.82) is 0 Å². The molecule has 0 amide bonds. The lowest BCUT2D eigenvalue weighted by Crippen LogP contribution is -1.99. The second kappa shape index (κ2) is 3.48. The molecule has 0 aromatic carbocycles. The summed E-state index contributed by atoms with van der Waals surface area (Å²) in [6, 6.07) is 0. The van der Waals surface area contributed by atoms with Gasteiger partial charge in [0.15, 0.2) is 0 Å². The maximum absolute atomic E-state index is 3.68. The summed E-state index contributed by atoms with van der Waals surface area (Å²) in [4.78, 5) is 0. The standard InChI is InChI=1S/C8H14/c1-5-7(3)8(4)6-2/h5-8H,1-2H2,3-4H3/t7-,8-/m1/s1. The molecule has 0 radical (unpaired) electrons. The molecule has 0 aliphatic rings. The molecule has 0 saturated carbocycles. The molecule has 0 aromatic rings. The zero-order valence-electron chi connectivity index (χ0n) is 5.72. The van der Waals surface area contributed by atoms with E-state index in [1.54, 1.807) is 0 Å². The topological polar surface area (TPSA) is 0 Å². The number of hydrogen-bond donors (Lipinski definition) is 0. The Morgan fingerprint density at radius 3 is 1.38 bits per heavy atom. The van der Waals surface area contributed by atoms with Crippen LogP contribution in [0, 0.1) is 11.8 Å². The van der Waals surface area contributed by atoms with Crippen LogP contribution in [0.5, 0.6) is 0 Å². The lowest BCUT2D eigenvalue weighted by Gasteiger charge is -2.09. The van der Waals surface area contributed by atoms with Crippen LogP contribution in [0.15, 0.2) is 25.3 Å². The maximum atomic E-state index is 3.68. The van der Waals surface area contributed by atoms with Gasteiger partial charge in [-0.1, -0.05) is 26.0 Å². The lowest BCUT2D eigenvalue weighted by molar-refractivity contribution is 0.560. The van der Waals surface area contributed by atoms with Gasteiger partial charge in [0.2, 0.25) is 0 Å². The molecule has 0 rings (SSSR count). The zero-order chi connectivity index (χ0) is 6.57. The van der Waals surface area contributed by atoms with Crippen molar-refractivity contribution in [3.8, 4) is 0 Å². The predicted molar refractivity (Wildman–Crippen MR) is 38.7 cm³/mol. The van der Waals surface area contributed by atoms with Crippen molar-refractivity contribution in [3.63, 3.8) is 0 Å². The largest absolute Gasteiger partial charge is 0.103 e. The van der Waals surface area contributed by atoms with Gasteiger partial charge in [-0.05, 0) is 11.8 Å². The molecule has 0 N–H and O–H groups in total. The van der Waals surface area contributed by atoms with Gasteiger partial charge < -0.3 is 0 Å². The Morgan fingerprint density at radius 1 is 1.00 bits per heavy atom. The van der Waals surface area contributed by atoms with E-state index in [9.17, 15) is 0 Å². The highest BCUT2D eigenvalue weighted by atomic mass is 14.1. The average molecular weight is 110 g/mol. The predicted octanol–water partition coefficient (Wildman–Crippen LogP) is 2.63. The van der Waals surface area contributed by atoms with Crippen molar-refractivity contribution < 1.29 is 0 Å². The van der Waals surface area contributed by atoms with Crippen molar-refractivity contribution in [3.05, 3.63) is 25.3 Å². The highest BCUT2D eigenvalue weighted by Crippen LogP contribution is 2.11. The molecule has 46 valence electrons. The van der Waals surface area contributed by atoms with Crippen LogP contribution in [0.3, 0.4) is 0 Å². The Balaban J connectivity index is 3.60. The number of hydrogen-bond acceptors (Lipinski definition) is 0. The summed E-state index contributed by atoms with van der Waals surface area (Å²) in [6.45, 7) is 11.6. The molecular weight excluding hydrogens is 96.1 g/mol. The monoisotopic (exact) mass is 110 g/mol. The van der Waals surface area contributed by atoms with Crippen LogP contribution in [-0.2, 0) is 0 Å². The molecule has 0 saturated heterocycles. The van der Waals surface area contributed by atoms with Gasteiger partial charge in [0.05, 0.1) is 0 Å². The van der Waals surface area contributed by atoms with Crippen molar-refractivity contribution in [2.75, 3.05) is 0 Å². The third kappa shape index (κ3) is 1.97. The SMILES string of the molecule is C=C[C@@H](C)[C@H](C)C=C. The lowest BCUT2D eigenvalue weighted by atomic mass is 9.97. The van der Waals surface area contributed by atoms with E-state index in [2.05, 4.69) is 27.0 Å². The third-order valence-corrected chi connectivity index (χ3v) is 1.57. The molecule has 0 aliphatic carbocycles. The van der Waals surface area contributed by atoms with E-state index < -0.39 is 0 Å². The fourth-order valence-electron chi connectivity index (χ4n) is 0.429. The fraction of sp³-hybridized carbons (Fsp3) is 0.500. The van der Waals surface area contributed by atoms with E-state index in [1.807, 2.05) is 12.2 Å². The summed E-state index contributed by atoms with van der Waals surface area (Å²) in [5.41, 5.74) is 0. The molecule has 0 bridgehead atoms. The van der Waals surface area contributed by atoms with Gasteiger partial charge in [0.25, 0.3) is 0 Å². The molecule has 0 spiro atoms. The van der Waals surface area contributed by atoms with Crippen molar-refractivity contribution in [2.24, 2.45) is 11.8 Å². The molecule has 0 heteroatoms. The van der Waals surface area contributed by atoms with Crippen LogP contribution in [0.2, 0.25) is 0 Å². The van der Waals surface area contributed by atoms with Gasteiger partial charge in [0.1, 0.15) is 0 Å². The summed E-state index contributed by atoms with van der Waals surface area (Å²) in [5.74, 6) is 1.12. The third-order valence-electron chi connectivity index (χ3n) is 1.57. The molecule has 8 heavy (non-hydrogen) atoms. The fourth-order valence-corrected chi connectivity index (χ4v) is 0.429. The number of allylic oxidation sites excluding steroid dienone is 2. The second-order valence-corrected chi connectivity index (χ2v) is 2.19. The Kier molecular flexibility index (Phi) is 3.25. The van der Waals surface area contributed by atoms with E-state index >= 15 is 0 Å². The van der Waals surface area contributed by atoms with E-state index in [0.717, 1.165) is 0 Å². The summed E-state index contributed by atoms with van der Waals surface area (Å²) in [7, 11) is 0. The number of rotatable bonds is 3. The minimum absolute atomic E-state index is 0.562. The van der Waals surface area contributed by atoms with Gasteiger partial charge in [-0.25, -0.2) is 0 Å². The van der Waals surface area contributed by atoms with Gasteiger partial charge in [0, 0.05) is 0 Å². The van der Waals surface area contributed by atoms with Crippen molar-refractivity contribution in [1.82, 2.24) is 0 Å². The second-order valence-electron chi connectivity index (χ2n) is 2.19. The van der Waals surface area contributed by atoms with Gasteiger partial charge in [-0.15, -0.1) is 13.2 Å². The van der Waals surface area contributed by atoms with E-state index in [1.165, 1.54) is 0 Å². The Morgan fingerprint density at radius 2 is 1.25 bits per heavy atom. The average Bonchev–Trinajstić information content (AvgIpc) is 1.84. The van der Waals surface area contributed by atoms with Crippen LogP contribution in [0.4, 0.5) is 0 Å². The highest BCUT2D eigenvalue weighted by Gasteiger charge is 2.01. The van der Waals surface area contributed by atoms with Crippen molar-refractivity contribution >= 4 is 0 Å². The minimum Gasteiger partial charge on any atom is -0.103 e. The van der Waals surface area contributed by atoms with E-state index in [-0.39, 0.29) is 0 Å². The van der Waals surface area contributed by atoms with E-state index in [0.29, 0.717) is 11.8 Å². The van der Waals surface area contributed by atoms with Crippen LogP contribution >= 0.6 is 0 Å². The quantitative estimate of drug-likeness (QED) is 0.490. The first kappa shape index (κ1) is 7.48. The van der Waals surface area contributed by atoms with E-state index in [4.69, 9.17) is 0 Å². The molecule has 0 fully saturated rings. The van der Waals surface area contributed by atoms with Crippen LogP contribution in [0.25, 0.3) is 0 Å². The van der Waals surface area contributed by atoms with Gasteiger partial charge in [-0.3, -0.25) is 0 Å². The molecular formula is C8H14. The van der Waals surface area contributed by atoms with Crippen molar-refractivity contribution in [2.45, 2.75) is 13.8 Å². The van der Waals surface area contributed by atoms with Crippen LogP contribution < -0.4 is 0 Å². The van der Waals surface area contributed by atoms with Gasteiger partial charge >= 0.3 is 0 Å². The molecule has 2 atom stereocenters. The summed E-state index contributed by atoms with van der Waals surface area (Å²) < 4.78 is 0. The minimum atomic E-state index is 0.562. The first-order valence-electron chi connectivity index (χ1n) is 2.97.